The van der Waals surface area contributed by atoms with Crippen molar-refractivity contribution in [3.8, 4) is 5.75 Å². The largest absolute Gasteiger partial charge is 0.483 e. The molecule has 6 rings (SSSR count). The maximum absolute atomic E-state index is 15.2. The van der Waals surface area contributed by atoms with E-state index in [9.17, 15) is 23.9 Å². The van der Waals surface area contributed by atoms with Gasteiger partial charge in [-0.2, -0.15) is 0 Å². The number of phosphoric ester groups is 1. The van der Waals surface area contributed by atoms with Gasteiger partial charge in [-0.25, -0.2) is 9.36 Å². The molecule has 64 heavy (non-hydrogen) atoms. The quantitative estimate of drug-likeness (QED) is 0.0470. The molecule has 0 aliphatic carbocycles. The molecule has 5 aromatic carbocycles. The van der Waals surface area contributed by atoms with Crippen LogP contribution in [0.4, 0.5) is 4.79 Å². The number of rotatable bonds is 21. The molecule has 0 saturated carbocycles. The van der Waals surface area contributed by atoms with Gasteiger partial charge in [-0.3, -0.25) is 14.1 Å². The molecular formula is C51H61N4O8P. The highest BCUT2D eigenvalue weighted by Crippen LogP contribution is 2.43. The minimum absolute atomic E-state index is 0.125. The molecule has 338 valence electrons. The Labute approximate surface area is 377 Å². The van der Waals surface area contributed by atoms with E-state index in [-0.39, 0.29) is 31.4 Å². The Kier molecular flexibility index (Phi) is 16.6. The summed E-state index contributed by atoms with van der Waals surface area (Å²) < 4.78 is 25.1. The highest BCUT2D eigenvalue weighted by molar-refractivity contribution is 7.46. The maximum atomic E-state index is 15.2. The number of amides is 4. The number of urea groups is 1. The molecule has 1 saturated heterocycles. The Balaban J connectivity index is 1.52. The van der Waals surface area contributed by atoms with Gasteiger partial charge in [0.15, 0.2) is 6.61 Å². The average molecular weight is 889 g/mol. The van der Waals surface area contributed by atoms with Crippen molar-refractivity contribution in [2.75, 3.05) is 19.7 Å². The van der Waals surface area contributed by atoms with Crippen LogP contribution in [-0.2, 0) is 43.4 Å². The molecule has 5 N–H and O–H groups in total. The van der Waals surface area contributed by atoms with Crippen molar-refractivity contribution in [1.29, 1.82) is 0 Å². The van der Waals surface area contributed by atoms with Crippen LogP contribution < -0.4 is 20.7 Å². The zero-order chi connectivity index (χ0) is 45.7. The van der Waals surface area contributed by atoms with Crippen molar-refractivity contribution in [2.45, 2.75) is 89.4 Å². The first kappa shape index (κ1) is 47.7. The zero-order valence-electron chi connectivity index (χ0n) is 37.1. The second-order valence-corrected chi connectivity index (χ2v) is 18.3. The van der Waals surface area contributed by atoms with E-state index in [0.717, 1.165) is 33.4 Å². The lowest BCUT2D eigenvalue weighted by Gasteiger charge is -2.46. The standard InChI is InChI=1S/C51H61N4O8P/c1-36(2)47(55-30-18-29-52-50(55)58)49(57)54-45(51(42-27-15-8-16-28-42,33-40-23-11-6-12-24-40)34-41-25-13-7-14-26-41)32-44(63-64(59,60)61)43(31-39-21-9-5-10-22-39)53-46(56)35-62-48-37(3)19-17-20-38(48)4/h5-17,19-28,36,43-45,47H,18,29-35H2,1-4H3,(H,52,58)(H,53,56)(H,54,57)(H2,59,60,61)/t43-,44-,45-,47-/m0/s1. The van der Waals surface area contributed by atoms with Gasteiger partial charge < -0.3 is 35.4 Å². The summed E-state index contributed by atoms with van der Waals surface area (Å²) in [5.41, 5.74) is 4.27. The summed E-state index contributed by atoms with van der Waals surface area (Å²) in [7, 11) is -5.27. The van der Waals surface area contributed by atoms with Gasteiger partial charge >= 0.3 is 13.9 Å². The first-order chi connectivity index (χ1) is 30.7. The van der Waals surface area contributed by atoms with Gasteiger partial charge in [0.25, 0.3) is 5.91 Å². The summed E-state index contributed by atoms with van der Waals surface area (Å²) in [6.07, 6.45) is 0.0125. The predicted octanol–water partition coefficient (Wildman–Crippen LogP) is 7.63. The molecule has 0 unspecified atom stereocenters. The molecule has 1 fully saturated rings. The minimum atomic E-state index is -5.27. The lowest BCUT2D eigenvalue weighted by Crippen LogP contribution is -2.63. The molecule has 1 heterocycles. The molecule has 4 amide bonds. The SMILES string of the molecule is Cc1cccc(C)c1OCC(=O)N[C@@H](Cc1ccccc1)[C@H](C[C@H](NC(=O)[C@H](C(C)C)N1CCCNC1=O)C(Cc1ccccc1)(Cc1ccccc1)c1ccccc1)OP(=O)(O)O. The van der Waals surface area contributed by atoms with Crippen molar-refractivity contribution in [1.82, 2.24) is 20.9 Å². The summed E-state index contributed by atoms with van der Waals surface area (Å²) >= 11 is 0. The van der Waals surface area contributed by atoms with Crippen LogP contribution in [-0.4, -0.2) is 76.5 Å². The number of hydrogen-bond donors (Lipinski definition) is 5. The average Bonchev–Trinajstić information content (AvgIpc) is 3.27. The minimum Gasteiger partial charge on any atom is -0.483 e. The van der Waals surface area contributed by atoms with E-state index in [2.05, 4.69) is 16.0 Å². The molecule has 4 atom stereocenters. The molecule has 0 spiro atoms. The van der Waals surface area contributed by atoms with Crippen LogP contribution in [0, 0.1) is 19.8 Å². The number of phosphoric acid groups is 1. The number of benzene rings is 5. The molecule has 1 aliphatic rings. The number of nitrogens with zero attached hydrogens (tertiary/aromatic N) is 1. The number of ether oxygens (including phenoxy) is 1. The first-order valence-electron chi connectivity index (χ1n) is 22.0. The van der Waals surface area contributed by atoms with Gasteiger partial charge in [0.1, 0.15) is 11.8 Å². The number of aryl methyl sites for hydroxylation is 2. The topological polar surface area (TPSA) is 167 Å². The summed E-state index contributed by atoms with van der Waals surface area (Å²) in [6, 6.07) is 41.4. The molecular weight excluding hydrogens is 828 g/mol. The fourth-order valence-corrected chi connectivity index (χ4v) is 9.63. The fourth-order valence-electron chi connectivity index (χ4n) is 9.05. The molecule has 1 aliphatic heterocycles. The number of carbonyl (C=O) groups is 3. The van der Waals surface area contributed by atoms with Crippen LogP contribution in [0.2, 0.25) is 0 Å². The van der Waals surface area contributed by atoms with Crippen molar-refractivity contribution in [3.05, 3.63) is 173 Å². The molecule has 0 bridgehead atoms. The third-order valence-electron chi connectivity index (χ3n) is 12.0. The highest BCUT2D eigenvalue weighted by Gasteiger charge is 2.47. The summed E-state index contributed by atoms with van der Waals surface area (Å²) in [4.78, 5) is 65.6. The summed E-state index contributed by atoms with van der Waals surface area (Å²) in [5.74, 6) is -0.677. The third kappa shape index (κ3) is 12.9. The van der Waals surface area contributed by atoms with Gasteiger partial charge in [0.2, 0.25) is 5.91 Å². The van der Waals surface area contributed by atoms with E-state index in [4.69, 9.17) is 9.26 Å². The zero-order valence-corrected chi connectivity index (χ0v) is 38.0. The fraction of sp³-hybridized carbons (Fsp3) is 0.353. The van der Waals surface area contributed by atoms with Crippen molar-refractivity contribution >= 4 is 25.7 Å². The van der Waals surface area contributed by atoms with E-state index in [1.165, 1.54) is 0 Å². The van der Waals surface area contributed by atoms with Gasteiger partial charge in [-0.1, -0.05) is 153 Å². The number of hydrogen-bond acceptors (Lipinski definition) is 6. The van der Waals surface area contributed by atoms with Gasteiger partial charge in [-0.05, 0) is 85.3 Å². The van der Waals surface area contributed by atoms with Crippen LogP contribution in [0.25, 0.3) is 0 Å². The van der Waals surface area contributed by atoms with Crippen LogP contribution in [0.15, 0.2) is 140 Å². The van der Waals surface area contributed by atoms with Crippen molar-refractivity contribution in [2.24, 2.45) is 5.92 Å². The lowest BCUT2D eigenvalue weighted by atomic mass is 9.64. The molecule has 5 aromatic rings. The Morgan fingerprint density at radius 2 is 1.30 bits per heavy atom. The Morgan fingerprint density at radius 1 is 0.766 bits per heavy atom. The normalized spacial score (nSPS) is 15.1. The Bertz CT molecular complexity index is 2270. The highest BCUT2D eigenvalue weighted by atomic mass is 31.2. The third-order valence-corrected chi connectivity index (χ3v) is 12.5. The monoisotopic (exact) mass is 888 g/mol. The maximum Gasteiger partial charge on any atom is 0.469 e. The summed E-state index contributed by atoms with van der Waals surface area (Å²) in [6.45, 7) is 8.08. The number of nitrogens with one attached hydrogen (secondary N) is 3. The Hall–Kier alpha value is -5.78. The van der Waals surface area contributed by atoms with Crippen LogP contribution in [0.1, 0.15) is 60.1 Å². The first-order valence-corrected chi connectivity index (χ1v) is 23.5. The van der Waals surface area contributed by atoms with Gasteiger partial charge in [-0.15, -0.1) is 0 Å². The van der Waals surface area contributed by atoms with E-state index >= 15 is 4.79 Å². The summed E-state index contributed by atoms with van der Waals surface area (Å²) in [5, 5.41) is 9.34. The molecule has 0 aromatic heterocycles. The van der Waals surface area contributed by atoms with Gasteiger partial charge in [0.05, 0.1) is 12.1 Å². The molecule has 13 heteroatoms. The second-order valence-electron chi connectivity index (χ2n) is 17.1. The number of carbonyl (C=O) groups excluding carboxylic acids is 3. The molecule has 12 nitrogen and oxygen atoms in total. The van der Waals surface area contributed by atoms with Crippen molar-refractivity contribution in [3.63, 3.8) is 0 Å². The van der Waals surface area contributed by atoms with E-state index in [1.54, 1.807) is 4.90 Å². The predicted molar refractivity (Wildman–Crippen MR) is 249 cm³/mol. The second kappa shape index (κ2) is 22.2. The van der Waals surface area contributed by atoms with E-state index in [1.807, 2.05) is 167 Å². The van der Waals surface area contributed by atoms with Gasteiger partial charge in [0, 0.05) is 24.5 Å². The Morgan fingerprint density at radius 3 is 1.81 bits per heavy atom. The smallest absolute Gasteiger partial charge is 0.469 e. The van der Waals surface area contributed by atoms with Crippen molar-refractivity contribution < 1.29 is 38.0 Å². The lowest BCUT2D eigenvalue weighted by molar-refractivity contribution is -0.129. The van der Waals surface area contributed by atoms with Crippen LogP contribution in [0.3, 0.4) is 0 Å². The molecule has 0 radical (unpaired) electrons. The van der Waals surface area contributed by atoms with E-state index < -0.39 is 49.3 Å². The number of para-hydroxylation sites is 1. The van der Waals surface area contributed by atoms with Crippen LogP contribution >= 0.6 is 7.82 Å². The van der Waals surface area contributed by atoms with Crippen LogP contribution in [0.5, 0.6) is 5.75 Å². The van der Waals surface area contributed by atoms with E-state index in [0.29, 0.717) is 38.1 Å².